The van der Waals surface area contributed by atoms with Crippen molar-refractivity contribution in [1.82, 2.24) is 19.7 Å². The smallest absolute Gasteiger partial charge is 0.341 e. The first-order valence-electron chi connectivity index (χ1n) is 10.6. The Balaban J connectivity index is 1.50. The average Bonchev–Trinajstić information content (AvgIpc) is 3.12. The van der Waals surface area contributed by atoms with E-state index in [0.717, 1.165) is 23.0 Å². The van der Waals surface area contributed by atoms with E-state index in [9.17, 15) is 22.0 Å². The van der Waals surface area contributed by atoms with Crippen molar-refractivity contribution in [2.75, 3.05) is 5.32 Å². The van der Waals surface area contributed by atoms with E-state index in [0.29, 0.717) is 17.3 Å². The first-order valence-corrected chi connectivity index (χ1v) is 12.2. The number of nitrogens with one attached hydrogen (secondary N) is 1. The molecule has 1 amide bonds. The summed E-state index contributed by atoms with van der Waals surface area (Å²) in [6.45, 7) is 5.82. The summed E-state index contributed by atoms with van der Waals surface area (Å²) in [7, 11) is -4.95. The summed E-state index contributed by atoms with van der Waals surface area (Å²) in [5, 5.41) is 6.98. The minimum atomic E-state index is -4.95. The van der Waals surface area contributed by atoms with Crippen LogP contribution in [-0.4, -0.2) is 39.8 Å². The molecule has 0 bridgehead atoms. The Morgan fingerprint density at radius 3 is 2.36 bits per heavy atom. The third kappa shape index (κ3) is 4.93. The van der Waals surface area contributed by atoms with Gasteiger partial charge in [0.1, 0.15) is 12.1 Å². The lowest BCUT2D eigenvalue weighted by Gasteiger charge is -2.11. The number of nitrogens with zero attached hydrogens (tertiary/aromatic N) is 4. The molecule has 0 aliphatic carbocycles. The fraction of sp³-hybridized carbons (Fsp3) is 0.167. The van der Waals surface area contributed by atoms with Crippen LogP contribution < -0.4 is 10.1 Å². The van der Waals surface area contributed by atoms with E-state index in [1.165, 1.54) is 36.7 Å². The lowest BCUT2D eigenvalue weighted by molar-refractivity contribution is 0.102. The number of carbonyl (C=O) groups is 1. The molecule has 2 aromatic carbocycles. The molecule has 0 aliphatic heterocycles. The highest BCUT2D eigenvalue weighted by Crippen LogP contribution is 2.26. The third-order valence-corrected chi connectivity index (χ3v) is 6.94. The van der Waals surface area contributed by atoms with Crippen LogP contribution in [-0.2, 0) is 9.84 Å². The monoisotopic (exact) mass is 513 g/mol. The number of sulfone groups is 1. The molecule has 0 atom stereocenters. The van der Waals surface area contributed by atoms with Crippen molar-refractivity contribution in [3.8, 4) is 17.4 Å². The molecule has 0 fully saturated rings. The van der Waals surface area contributed by atoms with Crippen LogP contribution in [0.25, 0.3) is 5.82 Å². The summed E-state index contributed by atoms with van der Waals surface area (Å²) < 4.78 is 57.3. The molecule has 4 rings (SSSR count). The average molecular weight is 514 g/mol. The zero-order valence-electron chi connectivity index (χ0n) is 19.4. The Morgan fingerprint density at radius 2 is 1.72 bits per heavy atom. The number of anilines is 1. The molecule has 0 unspecified atom stereocenters. The number of hydrogen-bond donors (Lipinski definition) is 1. The molecule has 0 radical (unpaired) electrons. The van der Waals surface area contributed by atoms with Crippen molar-refractivity contribution in [3.05, 3.63) is 83.4 Å². The van der Waals surface area contributed by atoms with Gasteiger partial charge in [-0.25, -0.2) is 23.1 Å². The predicted octanol–water partition coefficient (Wildman–Crippen LogP) is 4.63. The van der Waals surface area contributed by atoms with Gasteiger partial charge in [0.25, 0.3) is 5.91 Å². The van der Waals surface area contributed by atoms with Crippen molar-refractivity contribution in [1.29, 1.82) is 0 Å². The van der Waals surface area contributed by atoms with Gasteiger partial charge in [-0.2, -0.15) is 13.9 Å². The minimum absolute atomic E-state index is 0.271. The molecule has 2 heterocycles. The van der Waals surface area contributed by atoms with Crippen LogP contribution in [0.15, 0.2) is 65.8 Å². The van der Waals surface area contributed by atoms with E-state index >= 15 is 0 Å². The molecule has 0 saturated carbocycles. The molecule has 12 heteroatoms. The number of amides is 1. The van der Waals surface area contributed by atoms with Gasteiger partial charge in [0.2, 0.25) is 15.7 Å². The number of carbonyl (C=O) groups excluding carboxylic acids is 1. The number of aryl methyl sites for hydroxylation is 1. The van der Waals surface area contributed by atoms with Gasteiger partial charge in [-0.05, 0) is 62.7 Å². The maximum Gasteiger partial charge on any atom is 0.341 e. The van der Waals surface area contributed by atoms with Gasteiger partial charge in [-0.1, -0.05) is 12.1 Å². The number of alkyl halides is 2. The van der Waals surface area contributed by atoms with Gasteiger partial charge in [-0.3, -0.25) is 4.79 Å². The van der Waals surface area contributed by atoms with Crippen molar-refractivity contribution in [2.24, 2.45) is 0 Å². The second-order valence-electron chi connectivity index (χ2n) is 7.80. The summed E-state index contributed by atoms with van der Waals surface area (Å²) >= 11 is 0. The van der Waals surface area contributed by atoms with E-state index < -0.39 is 26.4 Å². The number of rotatable bonds is 7. The Hall–Kier alpha value is -4.19. The fourth-order valence-corrected chi connectivity index (χ4v) is 4.30. The molecule has 0 aliphatic rings. The number of halogens is 2. The quantitative estimate of drug-likeness (QED) is 0.383. The van der Waals surface area contributed by atoms with Crippen molar-refractivity contribution in [2.45, 2.75) is 31.4 Å². The molecule has 0 spiro atoms. The summed E-state index contributed by atoms with van der Waals surface area (Å²) in [4.78, 5) is 20.3. The highest BCUT2D eigenvalue weighted by atomic mass is 32.2. The van der Waals surface area contributed by atoms with Crippen molar-refractivity contribution in [3.63, 3.8) is 0 Å². The maximum absolute atomic E-state index is 13.0. The molecular weight excluding hydrogens is 492 g/mol. The highest BCUT2D eigenvalue weighted by Gasteiger charge is 2.30. The lowest BCUT2D eigenvalue weighted by atomic mass is 10.2. The van der Waals surface area contributed by atoms with Gasteiger partial charge in [-0.15, -0.1) is 0 Å². The maximum atomic E-state index is 13.0. The van der Waals surface area contributed by atoms with Crippen LogP contribution in [0.1, 0.15) is 27.3 Å². The van der Waals surface area contributed by atoms with Crippen LogP contribution in [0.3, 0.4) is 0 Å². The molecule has 186 valence electrons. The molecule has 1 N–H and O–H groups in total. The molecule has 2 aromatic heterocycles. The second kappa shape index (κ2) is 9.82. The number of hydrogen-bond acceptors (Lipinski definition) is 7. The van der Waals surface area contributed by atoms with E-state index in [-0.39, 0.29) is 11.4 Å². The zero-order chi connectivity index (χ0) is 26.0. The normalized spacial score (nSPS) is 11.5. The number of ether oxygens (including phenoxy) is 1. The van der Waals surface area contributed by atoms with Gasteiger partial charge in [0.05, 0.1) is 16.2 Å². The number of benzene rings is 2. The summed E-state index contributed by atoms with van der Waals surface area (Å²) in [5.74, 6) is -3.27. The van der Waals surface area contributed by atoms with E-state index in [1.807, 2.05) is 20.8 Å². The van der Waals surface area contributed by atoms with Crippen LogP contribution in [0, 0.1) is 20.8 Å². The Bertz CT molecular complexity index is 1540. The third-order valence-electron chi connectivity index (χ3n) is 5.51. The molecule has 36 heavy (non-hydrogen) atoms. The van der Waals surface area contributed by atoms with Gasteiger partial charge >= 0.3 is 5.76 Å². The first kappa shape index (κ1) is 24.9. The van der Waals surface area contributed by atoms with Gasteiger partial charge in [0.15, 0.2) is 5.82 Å². The van der Waals surface area contributed by atoms with E-state index in [1.54, 1.807) is 22.9 Å². The van der Waals surface area contributed by atoms with Crippen LogP contribution in [0.5, 0.6) is 11.6 Å². The largest absolute Gasteiger partial charge is 0.439 e. The number of aromatic nitrogens is 4. The summed E-state index contributed by atoms with van der Waals surface area (Å²) in [5.41, 5.74) is 2.81. The molecular formula is C24H21F2N5O4S. The first-order chi connectivity index (χ1) is 17.1. The second-order valence-corrected chi connectivity index (χ2v) is 9.69. The highest BCUT2D eigenvalue weighted by molar-refractivity contribution is 7.91. The Morgan fingerprint density at radius 1 is 1.03 bits per heavy atom. The van der Waals surface area contributed by atoms with Crippen LogP contribution >= 0.6 is 0 Å². The predicted molar refractivity (Wildman–Crippen MR) is 127 cm³/mol. The van der Waals surface area contributed by atoms with E-state index in [2.05, 4.69) is 20.4 Å². The van der Waals surface area contributed by atoms with Crippen molar-refractivity contribution < 1.29 is 26.7 Å². The molecule has 4 aromatic rings. The van der Waals surface area contributed by atoms with Gasteiger partial charge in [0, 0.05) is 17.4 Å². The van der Waals surface area contributed by atoms with Crippen molar-refractivity contribution >= 4 is 21.4 Å². The van der Waals surface area contributed by atoms with Crippen LogP contribution in [0.4, 0.5) is 14.5 Å². The SMILES string of the molecule is Cc1nn(-c2cc(Oc3ccc(NC(=O)c4ccccc4S(=O)(=O)C(F)F)cc3)ncn2)c(C)c1C. The van der Waals surface area contributed by atoms with Gasteiger partial charge < -0.3 is 10.1 Å². The molecule has 9 nitrogen and oxygen atoms in total. The Labute approximate surface area is 205 Å². The standard InChI is InChI=1S/C24H21F2N5O4S/c1-14-15(2)30-31(16(14)3)21-12-22(28-13-27-21)35-18-10-8-17(9-11-18)29-23(32)19-6-4-5-7-20(19)36(33,34)24(25)26/h4-13,24H,1-3H3,(H,29,32). The van der Waals surface area contributed by atoms with Crippen LogP contribution in [0.2, 0.25) is 0 Å². The Kier molecular flexibility index (Phi) is 6.80. The zero-order valence-corrected chi connectivity index (χ0v) is 20.3. The molecule has 0 saturated heterocycles. The topological polar surface area (TPSA) is 116 Å². The lowest BCUT2D eigenvalue weighted by Crippen LogP contribution is -2.19. The van der Waals surface area contributed by atoms with E-state index in [4.69, 9.17) is 4.74 Å². The summed E-state index contributed by atoms with van der Waals surface area (Å²) in [6.07, 6.45) is 1.36. The fourth-order valence-electron chi connectivity index (χ4n) is 3.37. The summed E-state index contributed by atoms with van der Waals surface area (Å²) in [6, 6.07) is 12.6. The minimum Gasteiger partial charge on any atom is -0.439 e.